The van der Waals surface area contributed by atoms with Crippen LogP contribution >= 0.6 is 0 Å². The molecule has 1 fully saturated rings. The lowest BCUT2D eigenvalue weighted by atomic mass is 9.62. The van der Waals surface area contributed by atoms with Crippen molar-refractivity contribution < 1.29 is 5.11 Å². The Bertz CT molecular complexity index is 288. The van der Waals surface area contributed by atoms with Crippen LogP contribution < -0.4 is 0 Å². The number of hydrogen-bond acceptors (Lipinski definition) is 1. The summed E-state index contributed by atoms with van der Waals surface area (Å²) in [7, 11) is 0. The molecule has 0 aromatic rings. The highest BCUT2D eigenvalue weighted by atomic mass is 16.3. The van der Waals surface area contributed by atoms with Crippen molar-refractivity contribution in [1.29, 1.82) is 0 Å². The Balaban J connectivity index is 2.30. The molecule has 2 aliphatic rings. The van der Waals surface area contributed by atoms with Crippen LogP contribution in [-0.4, -0.2) is 10.7 Å². The predicted octanol–water partition coefficient (Wildman–Crippen LogP) is 3.78. The number of rotatable bonds is 1. The minimum Gasteiger partial charge on any atom is -0.386 e. The first-order valence-corrected chi connectivity index (χ1v) is 6.86. The van der Waals surface area contributed by atoms with Gasteiger partial charge in [0.2, 0.25) is 0 Å². The summed E-state index contributed by atoms with van der Waals surface area (Å²) in [6.45, 7) is 8.99. The molecule has 16 heavy (non-hydrogen) atoms. The lowest BCUT2D eigenvalue weighted by Crippen LogP contribution is -2.37. The molecule has 0 bridgehead atoms. The van der Waals surface area contributed by atoms with Gasteiger partial charge in [0.15, 0.2) is 0 Å². The summed E-state index contributed by atoms with van der Waals surface area (Å²) in [6.07, 6.45) is 7.01. The zero-order valence-corrected chi connectivity index (χ0v) is 11.2. The van der Waals surface area contributed by atoms with Crippen molar-refractivity contribution in [3.05, 3.63) is 11.6 Å². The van der Waals surface area contributed by atoms with E-state index in [4.69, 9.17) is 0 Å². The normalized spacial score (nSPS) is 44.1. The van der Waals surface area contributed by atoms with Crippen LogP contribution in [0.25, 0.3) is 0 Å². The third-order valence-electron chi connectivity index (χ3n) is 4.72. The van der Waals surface area contributed by atoms with Crippen LogP contribution in [0.3, 0.4) is 0 Å². The summed E-state index contributed by atoms with van der Waals surface area (Å²) >= 11 is 0. The molecule has 0 aliphatic heterocycles. The van der Waals surface area contributed by atoms with E-state index in [0.717, 1.165) is 24.2 Å². The Morgan fingerprint density at radius 1 is 1.31 bits per heavy atom. The van der Waals surface area contributed by atoms with Gasteiger partial charge in [0.1, 0.15) is 0 Å². The molecule has 0 spiro atoms. The Kier molecular flexibility index (Phi) is 3.18. The van der Waals surface area contributed by atoms with Gasteiger partial charge in [0, 0.05) is 0 Å². The molecule has 0 heterocycles. The molecule has 2 rings (SSSR count). The van der Waals surface area contributed by atoms with Crippen molar-refractivity contribution in [3.8, 4) is 0 Å². The molecule has 0 aromatic heterocycles. The Morgan fingerprint density at radius 2 is 2.00 bits per heavy atom. The van der Waals surface area contributed by atoms with Gasteiger partial charge in [-0.1, -0.05) is 32.4 Å². The van der Waals surface area contributed by atoms with Crippen LogP contribution in [0.15, 0.2) is 11.6 Å². The van der Waals surface area contributed by atoms with Crippen molar-refractivity contribution in [1.82, 2.24) is 0 Å². The fraction of sp³-hybridized carbons (Fsp3) is 0.867. The van der Waals surface area contributed by atoms with Gasteiger partial charge in [-0.05, 0) is 56.3 Å². The molecular weight excluding hydrogens is 196 g/mol. The maximum atomic E-state index is 10.2. The van der Waals surface area contributed by atoms with E-state index in [2.05, 4.69) is 26.8 Å². The number of fused-ring (bicyclic) bond motifs is 1. The van der Waals surface area contributed by atoms with Gasteiger partial charge in [0.25, 0.3) is 0 Å². The maximum absolute atomic E-state index is 10.2. The maximum Gasteiger partial charge on any atom is 0.0802 e. The number of allylic oxidation sites excluding steroid dienone is 1. The lowest BCUT2D eigenvalue weighted by Gasteiger charge is -2.44. The highest BCUT2D eigenvalue weighted by Gasteiger charge is 2.39. The van der Waals surface area contributed by atoms with E-state index in [0.29, 0.717) is 5.92 Å². The van der Waals surface area contributed by atoms with Gasteiger partial charge in [-0.15, -0.1) is 0 Å². The standard InChI is InChI=1S/C15H26O/c1-10(2)12-6-5-11(3)13-7-8-15(4,16)9-14(12)13/h9-13,16H,5-8H2,1-4H3/t11?,12?,13?,15-/m1/s1. The number of hydrogen-bond donors (Lipinski definition) is 1. The van der Waals surface area contributed by atoms with Gasteiger partial charge in [-0.25, -0.2) is 0 Å². The van der Waals surface area contributed by atoms with E-state index in [-0.39, 0.29) is 0 Å². The molecule has 1 N–H and O–H groups in total. The molecule has 0 amide bonds. The summed E-state index contributed by atoms with van der Waals surface area (Å²) in [5.74, 6) is 3.00. The molecule has 1 nitrogen and oxygen atoms in total. The Labute approximate surface area is 99.9 Å². The van der Waals surface area contributed by atoms with Crippen LogP contribution in [0.1, 0.15) is 53.4 Å². The first kappa shape index (κ1) is 12.2. The van der Waals surface area contributed by atoms with Gasteiger partial charge in [-0.2, -0.15) is 0 Å². The van der Waals surface area contributed by atoms with Crippen LogP contribution in [0.4, 0.5) is 0 Å². The number of aliphatic hydroxyl groups is 1. The second kappa shape index (κ2) is 4.18. The van der Waals surface area contributed by atoms with E-state index < -0.39 is 5.60 Å². The molecule has 92 valence electrons. The van der Waals surface area contributed by atoms with Crippen molar-refractivity contribution in [2.75, 3.05) is 0 Å². The topological polar surface area (TPSA) is 20.2 Å². The Morgan fingerprint density at radius 3 is 2.62 bits per heavy atom. The van der Waals surface area contributed by atoms with Gasteiger partial charge in [0.05, 0.1) is 5.60 Å². The molecular formula is C15H26O. The minimum atomic E-state index is -0.546. The van der Waals surface area contributed by atoms with E-state index in [1.54, 1.807) is 5.57 Å². The minimum absolute atomic E-state index is 0.546. The first-order valence-electron chi connectivity index (χ1n) is 6.86. The average molecular weight is 222 g/mol. The fourth-order valence-electron chi connectivity index (χ4n) is 3.68. The van der Waals surface area contributed by atoms with E-state index >= 15 is 0 Å². The van der Waals surface area contributed by atoms with Gasteiger partial charge in [-0.3, -0.25) is 0 Å². The molecule has 3 unspecified atom stereocenters. The second-order valence-electron chi connectivity index (χ2n) is 6.55. The zero-order valence-electron chi connectivity index (χ0n) is 11.2. The van der Waals surface area contributed by atoms with Crippen molar-refractivity contribution >= 4 is 0 Å². The van der Waals surface area contributed by atoms with E-state index in [1.165, 1.54) is 19.3 Å². The summed E-state index contributed by atoms with van der Waals surface area (Å²) in [5, 5.41) is 10.2. The largest absolute Gasteiger partial charge is 0.386 e. The predicted molar refractivity (Wildman–Crippen MR) is 68.2 cm³/mol. The van der Waals surface area contributed by atoms with Crippen molar-refractivity contribution in [2.45, 2.75) is 59.0 Å². The summed E-state index contributed by atoms with van der Waals surface area (Å²) in [4.78, 5) is 0. The highest BCUT2D eigenvalue weighted by Crippen LogP contribution is 2.47. The van der Waals surface area contributed by atoms with Gasteiger partial charge < -0.3 is 5.11 Å². The van der Waals surface area contributed by atoms with Crippen LogP contribution in [0, 0.1) is 23.7 Å². The van der Waals surface area contributed by atoms with Crippen molar-refractivity contribution in [3.63, 3.8) is 0 Å². The lowest BCUT2D eigenvalue weighted by molar-refractivity contribution is 0.0684. The SMILES string of the molecule is CC(C)C1CCC(C)C2CC[C@@](C)(O)C=C12. The van der Waals surface area contributed by atoms with Crippen molar-refractivity contribution in [2.24, 2.45) is 23.7 Å². The van der Waals surface area contributed by atoms with Crippen LogP contribution in [-0.2, 0) is 0 Å². The van der Waals surface area contributed by atoms with Crippen LogP contribution in [0.5, 0.6) is 0 Å². The zero-order chi connectivity index (χ0) is 11.9. The first-order chi connectivity index (χ1) is 7.41. The smallest absolute Gasteiger partial charge is 0.0802 e. The van der Waals surface area contributed by atoms with Crippen LogP contribution in [0.2, 0.25) is 0 Å². The van der Waals surface area contributed by atoms with Gasteiger partial charge >= 0.3 is 0 Å². The fourth-order valence-corrected chi connectivity index (χ4v) is 3.68. The molecule has 0 aromatic carbocycles. The molecule has 0 saturated heterocycles. The monoisotopic (exact) mass is 222 g/mol. The summed E-state index contributed by atoms with van der Waals surface area (Å²) < 4.78 is 0. The Hall–Kier alpha value is -0.300. The third-order valence-corrected chi connectivity index (χ3v) is 4.72. The molecule has 4 atom stereocenters. The third kappa shape index (κ3) is 2.20. The average Bonchev–Trinajstić information content (AvgIpc) is 2.15. The van der Waals surface area contributed by atoms with E-state index in [9.17, 15) is 5.11 Å². The second-order valence-corrected chi connectivity index (χ2v) is 6.55. The molecule has 1 saturated carbocycles. The summed E-state index contributed by atoms with van der Waals surface area (Å²) in [6, 6.07) is 0. The molecule has 0 radical (unpaired) electrons. The van der Waals surface area contributed by atoms with E-state index in [1.807, 2.05) is 6.92 Å². The quantitative estimate of drug-likeness (QED) is 0.669. The molecule has 1 heteroatoms. The molecule has 2 aliphatic carbocycles. The highest BCUT2D eigenvalue weighted by molar-refractivity contribution is 5.23. The summed E-state index contributed by atoms with van der Waals surface area (Å²) in [5.41, 5.74) is 1.03.